The van der Waals surface area contributed by atoms with Crippen molar-refractivity contribution < 1.29 is 14.3 Å². The summed E-state index contributed by atoms with van der Waals surface area (Å²) in [5.41, 5.74) is 2.34. The summed E-state index contributed by atoms with van der Waals surface area (Å²) in [7, 11) is 0. The molecule has 2 aromatic rings. The Hall–Kier alpha value is -2.45. The number of aryl methyl sites for hydroxylation is 1. The third kappa shape index (κ3) is 5.37. The SMILES string of the molecule is C[C@@H]1CN(Cc2ccc3c(c2)CN(C(=O)CCCn2cncn2)CCO3)C[C@H](C)O1. The predicted molar refractivity (Wildman–Crippen MR) is 112 cm³/mol. The number of nitrogens with zero attached hydrogens (tertiary/aromatic N) is 5. The first-order valence-electron chi connectivity index (χ1n) is 10.8. The fraction of sp³-hybridized carbons (Fsp3) is 0.591. The molecule has 0 saturated carbocycles. The van der Waals surface area contributed by atoms with Gasteiger partial charge in [-0.05, 0) is 38.0 Å². The van der Waals surface area contributed by atoms with Crippen molar-refractivity contribution in [3.63, 3.8) is 0 Å². The first-order chi connectivity index (χ1) is 14.6. The lowest BCUT2D eigenvalue weighted by atomic mass is 10.1. The second kappa shape index (κ2) is 9.57. The Morgan fingerprint density at radius 2 is 2.07 bits per heavy atom. The van der Waals surface area contributed by atoms with Gasteiger partial charge in [0.05, 0.1) is 18.8 Å². The minimum Gasteiger partial charge on any atom is -0.491 e. The summed E-state index contributed by atoms with van der Waals surface area (Å²) in [5, 5.41) is 4.09. The Bertz CT molecular complexity index is 831. The van der Waals surface area contributed by atoms with Crippen LogP contribution in [-0.2, 0) is 29.2 Å². The molecule has 0 radical (unpaired) electrons. The minimum absolute atomic E-state index is 0.160. The van der Waals surface area contributed by atoms with Gasteiger partial charge in [0.2, 0.25) is 5.91 Å². The summed E-state index contributed by atoms with van der Waals surface area (Å²) in [4.78, 5) is 21.0. The van der Waals surface area contributed by atoms with E-state index in [0.717, 1.165) is 37.4 Å². The lowest BCUT2D eigenvalue weighted by Crippen LogP contribution is -2.44. The van der Waals surface area contributed by atoms with Crippen molar-refractivity contribution in [2.75, 3.05) is 26.2 Å². The highest BCUT2D eigenvalue weighted by atomic mass is 16.5. The molecule has 2 aliphatic heterocycles. The van der Waals surface area contributed by atoms with Crippen LogP contribution < -0.4 is 4.74 Å². The zero-order valence-electron chi connectivity index (χ0n) is 17.9. The number of hydrogen-bond acceptors (Lipinski definition) is 6. The third-order valence-corrected chi connectivity index (χ3v) is 5.60. The van der Waals surface area contributed by atoms with E-state index in [1.165, 1.54) is 11.9 Å². The van der Waals surface area contributed by atoms with Gasteiger partial charge in [0.25, 0.3) is 0 Å². The van der Waals surface area contributed by atoms with E-state index in [1.807, 2.05) is 4.90 Å². The molecule has 162 valence electrons. The van der Waals surface area contributed by atoms with E-state index < -0.39 is 0 Å². The van der Waals surface area contributed by atoms with E-state index in [0.29, 0.717) is 32.7 Å². The van der Waals surface area contributed by atoms with Crippen LogP contribution in [0.2, 0.25) is 0 Å². The van der Waals surface area contributed by atoms with E-state index in [4.69, 9.17) is 9.47 Å². The van der Waals surface area contributed by atoms with E-state index in [1.54, 1.807) is 11.0 Å². The first-order valence-corrected chi connectivity index (χ1v) is 10.8. The molecule has 8 nitrogen and oxygen atoms in total. The van der Waals surface area contributed by atoms with Gasteiger partial charge < -0.3 is 14.4 Å². The molecule has 1 fully saturated rings. The summed E-state index contributed by atoms with van der Waals surface area (Å²) < 4.78 is 13.5. The number of aromatic nitrogens is 3. The van der Waals surface area contributed by atoms with Crippen molar-refractivity contribution in [3.05, 3.63) is 42.0 Å². The molecule has 4 rings (SSSR count). The summed E-state index contributed by atoms with van der Waals surface area (Å²) in [6.45, 7) is 9.46. The van der Waals surface area contributed by atoms with Crippen LogP contribution in [0.1, 0.15) is 37.8 Å². The number of carbonyl (C=O) groups excluding carboxylic acids is 1. The maximum Gasteiger partial charge on any atom is 0.223 e. The first kappa shape index (κ1) is 20.8. The van der Waals surface area contributed by atoms with Crippen LogP contribution in [0.4, 0.5) is 0 Å². The summed E-state index contributed by atoms with van der Waals surface area (Å²) in [5.74, 6) is 1.05. The Balaban J connectivity index is 1.36. The Labute approximate surface area is 177 Å². The van der Waals surface area contributed by atoms with Gasteiger partial charge in [-0.1, -0.05) is 6.07 Å². The van der Waals surface area contributed by atoms with E-state index in [-0.39, 0.29) is 18.1 Å². The molecule has 2 aliphatic rings. The normalized spacial score (nSPS) is 22.3. The number of hydrogen-bond donors (Lipinski definition) is 0. The monoisotopic (exact) mass is 413 g/mol. The molecule has 0 aliphatic carbocycles. The molecular weight excluding hydrogens is 382 g/mol. The van der Waals surface area contributed by atoms with Gasteiger partial charge in [-0.25, -0.2) is 4.98 Å². The molecule has 2 atom stereocenters. The van der Waals surface area contributed by atoms with Crippen LogP contribution in [-0.4, -0.2) is 68.9 Å². The van der Waals surface area contributed by atoms with Crippen LogP contribution >= 0.6 is 0 Å². The lowest BCUT2D eigenvalue weighted by Gasteiger charge is -2.35. The molecule has 30 heavy (non-hydrogen) atoms. The van der Waals surface area contributed by atoms with Gasteiger partial charge in [-0.3, -0.25) is 14.4 Å². The fourth-order valence-corrected chi connectivity index (χ4v) is 4.33. The average molecular weight is 414 g/mol. The van der Waals surface area contributed by atoms with Gasteiger partial charge >= 0.3 is 0 Å². The largest absolute Gasteiger partial charge is 0.491 e. The number of benzene rings is 1. The zero-order valence-corrected chi connectivity index (χ0v) is 17.9. The van der Waals surface area contributed by atoms with Crippen LogP contribution in [0.5, 0.6) is 5.75 Å². The fourth-order valence-electron chi connectivity index (χ4n) is 4.33. The highest BCUT2D eigenvalue weighted by Crippen LogP contribution is 2.26. The highest BCUT2D eigenvalue weighted by Gasteiger charge is 2.23. The molecule has 0 unspecified atom stereocenters. The zero-order chi connectivity index (χ0) is 20.9. The Kier molecular flexibility index (Phi) is 6.64. The van der Waals surface area contributed by atoms with Crippen molar-refractivity contribution >= 4 is 5.91 Å². The van der Waals surface area contributed by atoms with Gasteiger partial charge in [0.15, 0.2) is 0 Å². The summed E-state index contributed by atoms with van der Waals surface area (Å²) in [6, 6.07) is 6.39. The maximum absolute atomic E-state index is 12.8. The van der Waals surface area contributed by atoms with Gasteiger partial charge in [0, 0.05) is 44.7 Å². The van der Waals surface area contributed by atoms with Gasteiger partial charge in [0.1, 0.15) is 25.0 Å². The van der Waals surface area contributed by atoms with Crippen LogP contribution in [0.3, 0.4) is 0 Å². The number of rotatable bonds is 6. The molecule has 1 amide bonds. The third-order valence-electron chi connectivity index (χ3n) is 5.60. The van der Waals surface area contributed by atoms with Crippen molar-refractivity contribution in [2.24, 2.45) is 0 Å². The molecular formula is C22H31N5O3. The number of ether oxygens (including phenoxy) is 2. The van der Waals surface area contributed by atoms with Gasteiger partial charge in [-0.2, -0.15) is 5.10 Å². The van der Waals surface area contributed by atoms with E-state index in [9.17, 15) is 4.79 Å². The van der Waals surface area contributed by atoms with Gasteiger partial charge in [-0.15, -0.1) is 0 Å². The Morgan fingerprint density at radius 3 is 2.83 bits per heavy atom. The topological polar surface area (TPSA) is 72.7 Å². The maximum atomic E-state index is 12.8. The van der Waals surface area contributed by atoms with Crippen LogP contribution in [0, 0.1) is 0 Å². The van der Waals surface area contributed by atoms with Crippen LogP contribution in [0.25, 0.3) is 0 Å². The summed E-state index contributed by atoms with van der Waals surface area (Å²) >= 11 is 0. The average Bonchev–Trinajstić information content (AvgIpc) is 3.12. The lowest BCUT2D eigenvalue weighted by molar-refractivity contribution is -0.132. The van der Waals surface area contributed by atoms with Crippen molar-refractivity contribution in [1.29, 1.82) is 0 Å². The highest BCUT2D eigenvalue weighted by molar-refractivity contribution is 5.76. The number of amides is 1. The van der Waals surface area contributed by atoms with E-state index >= 15 is 0 Å². The number of carbonyl (C=O) groups is 1. The minimum atomic E-state index is 0.160. The Morgan fingerprint density at radius 1 is 1.23 bits per heavy atom. The molecule has 1 aromatic carbocycles. The standard InChI is InChI=1S/C22H31N5O3/c1-17-11-25(12-18(2)30-17)13-19-5-6-21-20(10-19)14-26(8-9-29-21)22(28)4-3-7-27-16-23-15-24-27/h5-6,10,15-18H,3-4,7-9,11-14H2,1-2H3/t17-,18+. The summed E-state index contributed by atoms with van der Waals surface area (Å²) in [6.07, 6.45) is 4.95. The molecule has 1 aromatic heterocycles. The second-order valence-corrected chi connectivity index (χ2v) is 8.32. The van der Waals surface area contributed by atoms with Crippen LogP contribution in [0.15, 0.2) is 30.9 Å². The smallest absolute Gasteiger partial charge is 0.223 e. The molecule has 1 saturated heterocycles. The number of morpholine rings is 1. The molecule has 0 bridgehead atoms. The molecule has 0 spiro atoms. The molecule has 0 N–H and O–H groups in total. The second-order valence-electron chi connectivity index (χ2n) is 8.32. The predicted octanol–water partition coefficient (Wildman–Crippen LogP) is 2.09. The molecule has 3 heterocycles. The quantitative estimate of drug-likeness (QED) is 0.722. The van der Waals surface area contributed by atoms with E-state index in [2.05, 4.69) is 47.0 Å². The van der Waals surface area contributed by atoms with Crippen molar-refractivity contribution in [3.8, 4) is 5.75 Å². The van der Waals surface area contributed by atoms with Crippen molar-refractivity contribution in [2.45, 2.75) is 58.5 Å². The number of fused-ring (bicyclic) bond motifs is 1. The van der Waals surface area contributed by atoms with Crippen molar-refractivity contribution in [1.82, 2.24) is 24.6 Å². The molecule has 8 heteroatoms.